The summed E-state index contributed by atoms with van der Waals surface area (Å²) in [5, 5.41) is 3.25. The second-order valence-electron chi connectivity index (χ2n) is 6.67. The van der Waals surface area contributed by atoms with Gasteiger partial charge in [0.25, 0.3) is 11.8 Å². The van der Waals surface area contributed by atoms with Crippen molar-refractivity contribution in [3.8, 4) is 0 Å². The Kier molecular flexibility index (Phi) is 5.09. The van der Waals surface area contributed by atoms with Crippen molar-refractivity contribution in [2.24, 2.45) is 5.92 Å². The summed E-state index contributed by atoms with van der Waals surface area (Å²) in [7, 11) is 0. The molecule has 0 saturated heterocycles. The minimum Gasteiger partial charge on any atom is -0.324 e. The fourth-order valence-corrected chi connectivity index (χ4v) is 3.25. The molecule has 26 heavy (non-hydrogen) atoms. The fraction of sp³-hybridized carbons (Fsp3) is 0.250. The van der Waals surface area contributed by atoms with Gasteiger partial charge in [0.1, 0.15) is 6.04 Å². The van der Waals surface area contributed by atoms with Gasteiger partial charge < -0.3 is 5.32 Å². The molecule has 1 aliphatic rings. The van der Waals surface area contributed by atoms with Crippen molar-refractivity contribution in [1.29, 1.82) is 0 Å². The van der Waals surface area contributed by atoms with Gasteiger partial charge in [-0.2, -0.15) is 0 Å². The first-order chi connectivity index (χ1) is 12.4. The van der Waals surface area contributed by atoms with Crippen LogP contribution in [0.25, 0.3) is 0 Å². The van der Waals surface area contributed by atoms with Gasteiger partial charge in [0, 0.05) is 10.7 Å². The van der Waals surface area contributed by atoms with Gasteiger partial charge in [0.15, 0.2) is 0 Å². The minimum absolute atomic E-state index is 0.120. The molecule has 1 atom stereocenters. The standard InChI is InChI=1S/C20H19ClN2O3/c1-12(2)10-17(18(24)22-14-7-5-6-13(21)11-14)23-19(25)15-8-3-4-9-16(15)20(23)26/h3-9,11-12,17H,10H2,1-2H3,(H,22,24)/t17-/m0/s1. The Bertz CT molecular complexity index is 844. The van der Waals surface area contributed by atoms with Crippen LogP contribution in [0.3, 0.4) is 0 Å². The summed E-state index contributed by atoms with van der Waals surface area (Å²) >= 11 is 5.96. The Morgan fingerprint density at radius 3 is 2.19 bits per heavy atom. The first-order valence-electron chi connectivity index (χ1n) is 8.42. The number of nitrogens with zero attached hydrogens (tertiary/aromatic N) is 1. The van der Waals surface area contributed by atoms with Crippen molar-refractivity contribution in [2.45, 2.75) is 26.3 Å². The first kappa shape index (κ1) is 18.1. The molecule has 1 N–H and O–H groups in total. The zero-order valence-corrected chi connectivity index (χ0v) is 15.3. The van der Waals surface area contributed by atoms with E-state index in [2.05, 4.69) is 5.32 Å². The number of nitrogens with one attached hydrogen (secondary N) is 1. The van der Waals surface area contributed by atoms with Gasteiger partial charge in [-0.1, -0.05) is 43.6 Å². The first-order valence-corrected chi connectivity index (χ1v) is 8.79. The molecule has 0 radical (unpaired) electrons. The monoisotopic (exact) mass is 370 g/mol. The lowest BCUT2D eigenvalue weighted by Gasteiger charge is -2.26. The summed E-state index contributed by atoms with van der Waals surface area (Å²) in [5.41, 5.74) is 1.19. The van der Waals surface area contributed by atoms with Crippen LogP contribution in [-0.4, -0.2) is 28.7 Å². The van der Waals surface area contributed by atoms with Crippen molar-refractivity contribution >= 4 is 35.0 Å². The number of anilines is 1. The molecule has 0 unspecified atom stereocenters. The molecule has 6 heteroatoms. The smallest absolute Gasteiger partial charge is 0.262 e. The van der Waals surface area contributed by atoms with Crippen molar-refractivity contribution < 1.29 is 14.4 Å². The van der Waals surface area contributed by atoms with Crippen LogP contribution in [0.1, 0.15) is 41.0 Å². The summed E-state index contributed by atoms with van der Waals surface area (Å²) in [4.78, 5) is 39.5. The van der Waals surface area contributed by atoms with E-state index in [0.29, 0.717) is 28.3 Å². The van der Waals surface area contributed by atoms with Crippen LogP contribution >= 0.6 is 11.6 Å². The van der Waals surface area contributed by atoms with Gasteiger partial charge in [-0.25, -0.2) is 0 Å². The molecule has 2 aromatic carbocycles. The quantitative estimate of drug-likeness (QED) is 0.809. The number of carbonyl (C=O) groups is 3. The van der Waals surface area contributed by atoms with E-state index in [1.54, 1.807) is 48.5 Å². The molecule has 0 fully saturated rings. The summed E-state index contributed by atoms with van der Waals surface area (Å²) < 4.78 is 0. The topological polar surface area (TPSA) is 66.5 Å². The molecule has 0 spiro atoms. The molecule has 5 nitrogen and oxygen atoms in total. The van der Waals surface area contributed by atoms with Crippen LogP contribution in [-0.2, 0) is 4.79 Å². The number of amides is 3. The van der Waals surface area contributed by atoms with E-state index in [9.17, 15) is 14.4 Å². The highest BCUT2D eigenvalue weighted by Crippen LogP contribution is 2.27. The number of rotatable bonds is 5. The Morgan fingerprint density at radius 2 is 1.65 bits per heavy atom. The minimum atomic E-state index is -0.888. The average Bonchev–Trinajstić information content (AvgIpc) is 2.84. The number of benzene rings is 2. The highest BCUT2D eigenvalue weighted by molar-refractivity contribution is 6.31. The molecule has 0 aliphatic carbocycles. The van der Waals surface area contributed by atoms with Gasteiger partial charge >= 0.3 is 0 Å². The van der Waals surface area contributed by atoms with Crippen LogP contribution in [0.4, 0.5) is 5.69 Å². The van der Waals surface area contributed by atoms with E-state index in [1.165, 1.54) is 0 Å². The molecular weight excluding hydrogens is 352 g/mol. The molecule has 0 saturated carbocycles. The van der Waals surface area contributed by atoms with Gasteiger partial charge in [-0.05, 0) is 42.7 Å². The van der Waals surface area contributed by atoms with Crippen molar-refractivity contribution in [3.05, 3.63) is 64.7 Å². The molecule has 3 rings (SSSR count). The van der Waals surface area contributed by atoms with Crippen LogP contribution in [0.2, 0.25) is 5.02 Å². The maximum atomic E-state index is 12.9. The predicted octanol–water partition coefficient (Wildman–Crippen LogP) is 3.99. The van der Waals surface area contributed by atoms with Gasteiger partial charge in [0.05, 0.1) is 11.1 Å². The Morgan fingerprint density at radius 1 is 1.04 bits per heavy atom. The third-order valence-corrected chi connectivity index (χ3v) is 4.46. The van der Waals surface area contributed by atoms with Crippen molar-refractivity contribution in [1.82, 2.24) is 4.90 Å². The number of hydrogen-bond acceptors (Lipinski definition) is 3. The lowest BCUT2D eigenvalue weighted by Crippen LogP contribution is -2.47. The highest BCUT2D eigenvalue weighted by atomic mass is 35.5. The molecule has 1 heterocycles. The molecule has 1 aliphatic heterocycles. The highest BCUT2D eigenvalue weighted by Gasteiger charge is 2.42. The number of carbonyl (C=O) groups excluding carboxylic acids is 3. The molecule has 134 valence electrons. The number of imide groups is 1. The van der Waals surface area contributed by atoms with Gasteiger partial charge in [0.2, 0.25) is 5.91 Å². The van der Waals surface area contributed by atoms with Gasteiger partial charge in [-0.15, -0.1) is 0 Å². The summed E-state index contributed by atoms with van der Waals surface area (Å²) in [6.45, 7) is 3.88. The Labute approximate surface area is 156 Å². The van der Waals surface area contributed by atoms with E-state index in [1.807, 2.05) is 13.8 Å². The van der Waals surface area contributed by atoms with Crippen molar-refractivity contribution in [3.63, 3.8) is 0 Å². The number of fused-ring (bicyclic) bond motifs is 1. The molecule has 0 bridgehead atoms. The van der Waals surface area contributed by atoms with Gasteiger partial charge in [-0.3, -0.25) is 19.3 Å². The lowest BCUT2D eigenvalue weighted by molar-refractivity contribution is -0.120. The molecule has 3 amide bonds. The second-order valence-corrected chi connectivity index (χ2v) is 7.11. The van der Waals surface area contributed by atoms with E-state index in [4.69, 9.17) is 11.6 Å². The average molecular weight is 371 g/mol. The Balaban J connectivity index is 1.90. The van der Waals surface area contributed by atoms with E-state index < -0.39 is 23.8 Å². The zero-order valence-electron chi connectivity index (χ0n) is 14.5. The van der Waals surface area contributed by atoms with Crippen LogP contribution in [0.15, 0.2) is 48.5 Å². The normalized spacial score (nSPS) is 14.5. The number of halogens is 1. The van der Waals surface area contributed by atoms with Crippen LogP contribution in [0.5, 0.6) is 0 Å². The molecular formula is C20H19ClN2O3. The van der Waals surface area contributed by atoms with Crippen molar-refractivity contribution in [2.75, 3.05) is 5.32 Å². The lowest BCUT2D eigenvalue weighted by atomic mass is 10.0. The second kappa shape index (κ2) is 7.30. The zero-order chi connectivity index (χ0) is 18.8. The van der Waals surface area contributed by atoms with Crippen LogP contribution < -0.4 is 5.32 Å². The summed E-state index contributed by atoms with van der Waals surface area (Å²) in [5.74, 6) is -1.15. The maximum Gasteiger partial charge on any atom is 0.262 e. The SMILES string of the molecule is CC(C)C[C@@H](C(=O)Nc1cccc(Cl)c1)N1C(=O)c2ccccc2C1=O. The third-order valence-electron chi connectivity index (χ3n) is 4.23. The maximum absolute atomic E-state index is 12.9. The molecule has 2 aromatic rings. The number of hydrogen-bond donors (Lipinski definition) is 1. The van der Waals surface area contributed by atoms with E-state index >= 15 is 0 Å². The Hall–Kier alpha value is -2.66. The fourth-order valence-electron chi connectivity index (χ4n) is 3.06. The largest absolute Gasteiger partial charge is 0.324 e. The third kappa shape index (κ3) is 3.48. The van der Waals surface area contributed by atoms with E-state index in [0.717, 1.165) is 4.90 Å². The predicted molar refractivity (Wildman–Crippen MR) is 100 cm³/mol. The summed E-state index contributed by atoms with van der Waals surface area (Å²) in [6.07, 6.45) is 0.373. The van der Waals surface area contributed by atoms with Crippen LogP contribution in [0, 0.1) is 5.92 Å². The molecule has 0 aromatic heterocycles. The van der Waals surface area contributed by atoms with E-state index in [-0.39, 0.29) is 5.92 Å². The summed E-state index contributed by atoms with van der Waals surface area (Å²) in [6, 6.07) is 12.5.